The molecule has 0 aliphatic carbocycles. The molecule has 94 valence electrons. The lowest BCUT2D eigenvalue weighted by molar-refractivity contribution is -0.276. The summed E-state index contributed by atoms with van der Waals surface area (Å²) in [4.78, 5) is 14.0. The number of carboxylic acid groups (broad SMARTS) is 1. The first-order chi connectivity index (χ1) is 7.76. The number of rotatable bonds is 3. The van der Waals surface area contributed by atoms with E-state index >= 15 is 0 Å². The molecule has 0 amide bonds. The number of pyridine rings is 1. The second-order valence-corrected chi connectivity index (χ2v) is 3.36. The Hall–Kier alpha value is -1.51. The molecule has 1 rings (SSSR count). The van der Waals surface area contributed by atoms with E-state index < -0.39 is 29.5 Å². The topological polar surface area (TPSA) is 79.7 Å². The zero-order chi connectivity index (χ0) is 13.2. The van der Waals surface area contributed by atoms with Crippen LogP contribution in [-0.2, 0) is 5.33 Å². The minimum atomic E-state index is -5.06. The minimum absolute atomic E-state index is 0.0154. The maximum Gasteiger partial charge on any atom is 0.574 e. The fraction of sp³-hybridized carbons (Fsp3) is 0.250. The van der Waals surface area contributed by atoms with Gasteiger partial charge >= 0.3 is 12.3 Å². The third kappa shape index (κ3) is 3.22. The third-order valence-corrected chi connectivity index (χ3v) is 2.27. The lowest BCUT2D eigenvalue weighted by atomic mass is 10.1. The Balaban J connectivity index is 3.28. The van der Waals surface area contributed by atoms with E-state index in [2.05, 4.69) is 25.7 Å². The number of halogens is 4. The molecule has 0 aliphatic heterocycles. The fourth-order valence-corrected chi connectivity index (χ4v) is 1.47. The summed E-state index contributed by atoms with van der Waals surface area (Å²) < 4.78 is 39.1. The highest BCUT2D eigenvalue weighted by molar-refractivity contribution is 9.08. The van der Waals surface area contributed by atoms with E-state index in [1.165, 1.54) is 0 Å². The molecule has 0 saturated carbocycles. The molecule has 0 saturated heterocycles. The Morgan fingerprint density at radius 1 is 1.53 bits per heavy atom. The molecule has 1 aromatic rings. The van der Waals surface area contributed by atoms with Crippen molar-refractivity contribution in [3.8, 4) is 11.6 Å². The minimum Gasteiger partial charge on any atom is -0.502 e. The van der Waals surface area contributed by atoms with Crippen LogP contribution in [0, 0.1) is 0 Å². The molecule has 1 heterocycles. The summed E-state index contributed by atoms with van der Waals surface area (Å²) >= 11 is 2.92. The van der Waals surface area contributed by atoms with Crippen molar-refractivity contribution in [2.45, 2.75) is 11.7 Å². The van der Waals surface area contributed by atoms with E-state index in [9.17, 15) is 23.1 Å². The molecular formula is C8H5BrF3NO4. The normalized spacial score (nSPS) is 11.3. The standard InChI is InChI=1S/C8H5BrF3NO4/c9-1-3-2-13-6(17-8(10,11)12)5(14)4(3)7(15)16/h2,14H,1H2,(H,15,16). The summed E-state index contributed by atoms with van der Waals surface area (Å²) in [7, 11) is 0. The van der Waals surface area contributed by atoms with E-state index in [-0.39, 0.29) is 10.9 Å². The lowest BCUT2D eigenvalue weighted by Gasteiger charge is -2.12. The molecule has 0 bridgehead atoms. The van der Waals surface area contributed by atoms with Gasteiger partial charge in [-0.25, -0.2) is 9.78 Å². The van der Waals surface area contributed by atoms with Crippen LogP contribution in [0.2, 0.25) is 0 Å². The van der Waals surface area contributed by atoms with Crippen molar-refractivity contribution in [2.24, 2.45) is 0 Å². The molecule has 2 N–H and O–H groups in total. The van der Waals surface area contributed by atoms with Crippen LogP contribution in [0.3, 0.4) is 0 Å². The molecule has 9 heteroatoms. The second-order valence-electron chi connectivity index (χ2n) is 2.80. The summed E-state index contributed by atoms with van der Waals surface area (Å²) in [6, 6.07) is 0. The molecule has 0 atom stereocenters. The number of ether oxygens (including phenoxy) is 1. The van der Waals surface area contributed by atoms with Crippen LogP contribution in [0.5, 0.6) is 11.6 Å². The molecule has 0 aromatic carbocycles. The van der Waals surface area contributed by atoms with Crippen LogP contribution in [-0.4, -0.2) is 27.5 Å². The summed E-state index contributed by atoms with van der Waals surface area (Å²) in [5, 5.41) is 18.1. The van der Waals surface area contributed by atoms with Crippen molar-refractivity contribution in [2.75, 3.05) is 0 Å². The largest absolute Gasteiger partial charge is 0.574 e. The predicted molar refractivity (Wildman–Crippen MR) is 52.2 cm³/mol. The maximum absolute atomic E-state index is 11.9. The van der Waals surface area contributed by atoms with Crippen LogP contribution in [0.15, 0.2) is 6.20 Å². The zero-order valence-electron chi connectivity index (χ0n) is 7.95. The first kappa shape index (κ1) is 13.6. The first-order valence-electron chi connectivity index (χ1n) is 4.02. The zero-order valence-corrected chi connectivity index (χ0v) is 9.54. The smallest absolute Gasteiger partial charge is 0.502 e. The Morgan fingerprint density at radius 3 is 2.53 bits per heavy atom. The van der Waals surface area contributed by atoms with Crippen molar-refractivity contribution in [1.29, 1.82) is 0 Å². The van der Waals surface area contributed by atoms with Crippen LogP contribution >= 0.6 is 15.9 Å². The molecule has 0 radical (unpaired) electrons. The molecule has 0 spiro atoms. The molecule has 0 aliphatic rings. The lowest BCUT2D eigenvalue weighted by Crippen LogP contribution is -2.19. The fourth-order valence-electron chi connectivity index (χ4n) is 1.05. The number of carbonyl (C=O) groups is 1. The van der Waals surface area contributed by atoms with Gasteiger partial charge in [0.25, 0.3) is 5.88 Å². The van der Waals surface area contributed by atoms with Gasteiger partial charge in [-0.15, -0.1) is 13.2 Å². The number of nitrogens with zero attached hydrogens (tertiary/aromatic N) is 1. The van der Waals surface area contributed by atoms with Crippen molar-refractivity contribution in [1.82, 2.24) is 4.98 Å². The van der Waals surface area contributed by atoms with E-state index in [1.54, 1.807) is 0 Å². The maximum atomic E-state index is 11.9. The average molecular weight is 316 g/mol. The van der Waals surface area contributed by atoms with Crippen molar-refractivity contribution in [3.05, 3.63) is 17.3 Å². The Labute approximate surface area is 101 Å². The Kier molecular flexibility index (Phi) is 3.81. The van der Waals surface area contributed by atoms with Gasteiger partial charge in [0.1, 0.15) is 5.56 Å². The number of aromatic carboxylic acids is 1. The van der Waals surface area contributed by atoms with Gasteiger partial charge in [-0.1, -0.05) is 15.9 Å². The van der Waals surface area contributed by atoms with E-state index in [1.807, 2.05) is 0 Å². The van der Waals surface area contributed by atoms with Crippen molar-refractivity contribution < 1.29 is 32.9 Å². The number of aromatic nitrogens is 1. The Bertz CT molecular complexity index is 449. The molecule has 0 unspecified atom stereocenters. The molecular weight excluding hydrogens is 311 g/mol. The Morgan fingerprint density at radius 2 is 2.12 bits per heavy atom. The van der Waals surface area contributed by atoms with Crippen LogP contribution < -0.4 is 4.74 Å². The van der Waals surface area contributed by atoms with Gasteiger partial charge in [0, 0.05) is 11.5 Å². The molecule has 17 heavy (non-hydrogen) atoms. The van der Waals surface area contributed by atoms with Gasteiger partial charge in [-0.05, 0) is 5.56 Å². The van der Waals surface area contributed by atoms with E-state index in [0.717, 1.165) is 6.20 Å². The third-order valence-electron chi connectivity index (χ3n) is 1.67. The van der Waals surface area contributed by atoms with Gasteiger partial charge in [0.2, 0.25) is 0 Å². The first-order valence-corrected chi connectivity index (χ1v) is 5.14. The van der Waals surface area contributed by atoms with Gasteiger partial charge in [0.15, 0.2) is 5.75 Å². The van der Waals surface area contributed by atoms with E-state index in [0.29, 0.717) is 0 Å². The predicted octanol–water partition coefficient (Wildman–Crippen LogP) is 2.28. The average Bonchev–Trinajstić information content (AvgIpc) is 2.18. The van der Waals surface area contributed by atoms with E-state index in [4.69, 9.17) is 5.11 Å². The molecule has 0 fully saturated rings. The number of aromatic hydroxyl groups is 1. The van der Waals surface area contributed by atoms with Crippen molar-refractivity contribution in [3.63, 3.8) is 0 Å². The van der Waals surface area contributed by atoms with Crippen LogP contribution in [0.25, 0.3) is 0 Å². The second kappa shape index (κ2) is 4.78. The summed E-state index contributed by atoms with van der Waals surface area (Å²) in [6.07, 6.45) is -4.19. The monoisotopic (exact) mass is 315 g/mol. The quantitative estimate of drug-likeness (QED) is 0.836. The van der Waals surface area contributed by atoms with Gasteiger partial charge < -0.3 is 14.9 Å². The number of hydrogen-bond donors (Lipinski definition) is 2. The molecule has 1 aromatic heterocycles. The highest BCUT2D eigenvalue weighted by Crippen LogP contribution is 2.34. The molecule has 5 nitrogen and oxygen atoms in total. The van der Waals surface area contributed by atoms with Crippen LogP contribution in [0.1, 0.15) is 15.9 Å². The number of alkyl halides is 4. The summed E-state index contributed by atoms with van der Waals surface area (Å²) in [6.45, 7) is 0. The number of hydrogen-bond acceptors (Lipinski definition) is 4. The summed E-state index contributed by atoms with van der Waals surface area (Å²) in [5.74, 6) is -3.93. The van der Waals surface area contributed by atoms with Gasteiger partial charge in [-0.3, -0.25) is 0 Å². The highest BCUT2D eigenvalue weighted by Gasteiger charge is 2.34. The SMILES string of the molecule is O=C(O)c1c(CBr)cnc(OC(F)(F)F)c1O. The highest BCUT2D eigenvalue weighted by atomic mass is 79.9. The van der Waals surface area contributed by atoms with Crippen LogP contribution in [0.4, 0.5) is 13.2 Å². The number of carboxylic acids is 1. The summed E-state index contributed by atoms with van der Waals surface area (Å²) in [5.41, 5.74) is -0.652. The van der Waals surface area contributed by atoms with Gasteiger partial charge in [-0.2, -0.15) is 0 Å². The van der Waals surface area contributed by atoms with Crippen molar-refractivity contribution >= 4 is 21.9 Å². The van der Waals surface area contributed by atoms with Gasteiger partial charge in [0.05, 0.1) is 0 Å².